The third kappa shape index (κ3) is 3.12. The van der Waals surface area contributed by atoms with Crippen LogP contribution in [0.2, 0.25) is 0 Å². The van der Waals surface area contributed by atoms with Gasteiger partial charge in [-0.05, 0) is 13.5 Å². The Morgan fingerprint density at radius 2 is 2.43 bits per heavy atom. The van der Waals surface area contributed by atoms with Crippen molar-refractivity contribution in [3.8, 4) is 0 Å². The molecule has 80 valence electrons. The molecule has 0 N–H and O–H groups in total. The van der Waals surface area contributed by atoms with E-state index in [1.54, 1.807) is 7.05 Å². The first kappa shape index (κ1) is 11.2. The van der Waals surface area contributed by atoms with E-state index in [1.807, 2.05) is 0 Å². The van der Waals surface area contributed by atoms with Crippen LogP contribution in [-0.4, -0.2) is 50.2 Å². The van der Waals surface area contributed by atoms with Crippen LogP contribution in [0.15, 0.2) is 11.6 Å². The summed E-state index contributed by atoms with van der Waals surface area (Å²) in [7, 11) is 5.20. The summed E-state index contributed by atoms with van der Waals surface area (Å²) < 4.78 is 0. The molecular formula is C10H18N2O2. The van der Waals surface area contributed by atoms with Crippen LogP contribution in [0.5, 0.6) is 0 Å². The summed E-state index contributed by atoms with van der Waals surface area (Å²) in [5.74, 6) is 0.00838. The van der Waals surface area contributed by atoms with E-state index in [2.05, 4.69) is 18.0 Å². The van der Waals surface area contributed by atoms with Gasteiger partial charge in [0, 0.05) is 20.1 Å². The summed E-state index contributed by atoms with van der Waals surface area (Å²) in [5, 5.41) is 1.27. The van der Waals surface area contributed by atoms with Gasteiger partial charge >= 0.3 is 0 Å². The highest BCUT2D eigenvalue weighted by Gasteiger charge is 2.14. The molecule has 0 aliphatic carbocycles. The van der Waals surface area contributed by atoms with Crippen molar-refractivity contribution in [1.29, 1.82) is 0 Å². The molecule has 14 heavy (non-hydrogen) atoms. The van der Waals surface area contributed by atoms with Crippen LogP contribution >= 0.6 is 0 Å². The number of hydrogen-bond acceptors (Lipinski definition) is 3. The Kier molecular flexibility index (Phi) is 4.10. The number of carbonyl (C=O) groups excluding carboxylic acids is 1. The van der Waals surface area contributed by atoms with Crippen LogP contribution in [0.1, 0.15) is 12.8 Å². The van der Waals surface area contributed by atoms with Crippen LogP contribution in [0.4, 0.5) is 0 Å². The van der Waals surface area contributed by atoms with Gasteiger partial charge in [-0.1, -0.05) is 11.6 Å². The molecule has 1 amide bonds. The minimum atomic E-state index is 0.00838. The van der Waals surface area contributed by atoms with Gasteiger partial charge in [0.1, 0.15) is 0 Å². The number of rotatable bonds is 3. The molecule has 4 heteroatoms. The van der Waals surface area contributed by atoms with Gasteiger partial charge in [0.25, 0.3) is 0 Å². The predicted molar refractivity (Wildman–Crippen MR) is 54.6 cm³/mol. The molecule has 0 spiro atoms. The second kappa shape index (κ2) is 5.12. The largest absolute Gasteiger partial charge is 0.302 e. The number of amides is 1. The molecule has 1 aliphatic rings. The lowest BCUT2D eigenvalue weighted by Crippen LogP contribution is -2.30. The van der Waals surface area contributed by atoms with E-state index in [9.17, 15) is 4.79 Å². The molecule has 0 saturated carbocycles. The lowest BCUT2D eigenvalue weighted by atomic mass is 10.1. The summed E-state index contributed by atoms with van der Waals surface area (Å²) in [6, 6.07) is 0. The minimum Gasteiger partial charge on any atom is -0.302 e. The maximum atomic E-state index is 11.5. The Morgan fingerprint density at radius 3 is 3.00 bits per heavy atom. The third-order valence-electron chi connectivity index (χ3n) is 2.42. The van der Waals surface area contributed by atoms with Crippen LogP contribution < -0.4 is 0 Å². The normalized spacial score (nSPS) is 17.8. The average Bonchev–Trinajstić information content (AvgIpc) is 2.16. The van der Waals surface area contributed by atoms with Crippen LogP contribution in [-0.2, 0) is 9.63 Å². The molecule has 0 saturated heterocycles. The lowest BCUT2D eigenvalue weighted by molar-refractivity contribution is -0.167. The molecule has 0 bridgehead atoms. The first-order chi connectivity index (χ1) is 6.63. The standard InChI is InChI=1S/C10H18N2O2/c1-11-6-4-5-9(8-11)7-10(13)12(2)14-3/h5H,4,6-8H2,1-3H3. The predicted octanol–water partition coefficient (Wildman–Crippen LogP) is 0.658. The number of carbonyl (C=O) groups is 1. The number of likely N-dealkylation sites (N-methyl/N-ethyl adjacent to an activating group) is 1. The molecule has 4 nitrogen and oxygen atoms in total. The van der Waals surface area contributed by atoms with Crippen LogP contribution in [0.3, 0.4) is 0 Å². The van der Waals surface area contributed by atoms with Gasteiger partial charge in [0.2, 0.25) is 5.91 Å². The van der Waals surface area contributed by atoms with Gasteiger partial charge in [-0.15, -0.1) is 0 Å². The lowest BCUT2D eigenvalue weighted by Gasteiger charge is -2.23. The number of hydroxylamine groups is 2. The van der Waals surface area contributed by atoms with E-state index < -0.39 is 0 Å². The summed E-state index contributed by atoms with van der Waals surface area (Å²) in [6.45, 7) is 1.97. The van der Waals surface area contributed by atoms with Gasteiger partial charge in [0.05, 0.1) is 13.5 Å². The van der Waals surface area contributed by atoms with Crippen molar-refractivity contribution in [2.45, 2.75) is 12.8 Å². The van der Waals surface area contributed by atoms with Gasteiger partial charge in [-0.3, -0.25) is 9.63 Å². The number of hydrogen-bond donors (Lipinski definition) is 0. The zero-order valence-corrected chi connectivity index (χ0v) is 9.12. The molecule has 1 heterocycles. The van der Waals surface area contributed by atoms with E-state index in [4.69, 9.17) is 4.84 Å². The van der Waals surface area contributed by atoms with E-state index >= 15 is 0 Å². The highest BCUT2D eigenvalue weighted by atomic mass is 16.7. The van der Waals surface area contributed by atoms with Gasteiger partial charge in [-0.25, -0.2) is 5.06 Å². The third-order valence-corrected chi connectivity index (χ3v) is 2.42. The Labute approximate surface area is 85.1 Å². The average molecular weight is 198 g/mol. The molecule has 0 aromatic heterocycles. The Bertz CT molecular complexity index is 238. The molecule has 0 radical (unpaired) electrons. The zero-order chi connectivity index (χ0) is 10.6. The monoisotopic (exact) mass is 198 g/mol. The van der Waals surface area contributed by atoms with Crippen molar-refractivity contribution in [2.75, 3.05) is 34.3 Å². The quantitative estimate of drug-likeness (QED) is 0.493. The SMILES string of the molecule is CON(C)C(=O)CC1=CCCN(C)C1. The van der Waals surface area contributed by atoms with E-state index in [-0.39, 0.29) is 5.91 Å². The second-order valence-corrected chi connectivity index (χ2v) is 3.64. The zero-order valence-electron chi connectivity index (χ0n) is 9.12. The first-order valence-electron chi connectivity index (χ1n) is 4.80. The molecule has 0 fully saturated rings. The maximum absolute atomic E-state index is 11.5. The topological polar surface area (TPSA) is 32.8 Å². The van der Waals surface area contributed by atoms with Crippen LogP contribution in [0, 0.1) is 0 Å². The van der Waals surface area contributed by atoms with Gasteiger partial charge in [-0.2, -0.15) is 0 Å². The Morgan fingerprint density at radius 1 is 1.71 bits per heavy atom. The maximum Gasteiger partial charge on any atom is 0.249 e. The van der Waals surface area contributed by atoms with Crippen molar-refractivity contribution >= 4 is 5.91 Å². The van der Waals surface area contributed by atoms with E-state index in [1.165, 1.54) is 17.7 Å². The second-order valence-electron chi connectivity index (χ2n) is 3.64. The summed E-state index contributed by atoms with van der Waals surface area (Å²) in [4.78, 5) is 18.5. The summed E-state index contributed by atoms with van der Waals surface area (Å²) >= 11 is 0. The number of nitrogens with zero attached hydrogens (tertiary/aromatic N) is 2. The highest BCUT2D eigenvalue weighted by Crippen LogP contribution is 2.12. The van der Waals surface area contributed by atoms with Crippen molar-refractivity contribution < 1.29 is 9.63 Å². The van der Waals surface area contributed by atoms with E-state index in [0.29, 0.717) is 6.42 Å². The molecule has 0 aromatic rings. The Balaban J connectivity index is 2.44. The molecular weight excluding hydrogens is 180 g/mol. The molecule has 1 rings (SSSR count). The van der Waals surface area contributed by atoms with Gasteiger partial charge < -0.3 is 4.90 Å². The smallest absolute Gasteiger partial charge is 0.249 e. The fraction of sp³-hybridized carbons (Fsp3) is 0.700. The van der Waals surface area contributed by atoms with E-state index in [0.717, 1.165) is 19.5 Å². The minimum absolute atomic E-state index is 0.00838. The van der Waals surface area contributed by atoms with Crippen LogP contribution in [0.25, 0.3) is 0 Å². The molecule has 0 unspecified atom stereocenters. The van der Waals surface area contributed by atoms with Crippen molar-refractivity contribution in [3.63, 3.8) is 0 Å². The molecule has 0 aromatic carbocycles. The Hall–Kier alpha value is -0.870. The van der Waals surface area contributed by atoms with Crippen molar-refractivity contribution in [3.05, 3.63) is 11.6 Å². The fourth-order valence-electron chi connectivity index (χ4n) is 1.51. The summed E-state index contributed by atoms with van der Waals surface area (Å²) in [6.07, 6.45) is 3.66. The summed E-state index contributed by atoms with van der Waals surface area (Å²) in [5.41, 5.74) is 1.19. The molecule has 1 aliphatic heterocycles. The van der Waals surface area contributed by atoms with Crippen molar-refractivity contribution in [1.82, 2.24) is 9.96 Å². The van der Waals surface area contributed by atoms with Gasteiger partial charge in [0.15, 0.2) is 0 Å². The molecule has 0 atom stereocenters. The highest BCUT2D eigenvalue weighted by molar-refractivity contribution is 5.77. The first-order valence-corrected chi connectivity index (χ1v) is 4.80. The fourth-order valence-corrected chi connectivity index (χ4v) is 1.51. The van der Waals surface area contributed by atoms with Crippen molar-refractivity contribution in [2.24, 2.45) is 0 Å².